The van der Waals surface area contributed by atoms with E-state index >= 15 is 0 Å². The lowest BCUT2D eigenvalue weighted by Crippen LogP contribution is -2.40. The number of hydrogen-bond acceptors (Lipinski definition) is 4. The normalized spacial score (nSPS) is 17.7. The van der Waals surface area contributed by atoms with Crippen LogP contribution in [0, 0.1) is 5.92 Å². The fourth-order valence-electron chi connectivity index (χ4n) is 2.26. The van der Waals surface area contributed by atoms with Crippen molar-refractivity contribution in [2.45, 2.75) is 26.7 Å². The molecule has 1 aliphatic rings. The van der Waals surface area contributed by atoms with Crippen LogP contribution in [0.4, 0.5) is 0 Å². The number of amides is 1. The third kappa shape index (κ3) is 5.88. The summed E-state index contributed by atoms with van der Waals surface area (Å²) in [5.74, 6) is -1.35. The molecule has 1 fully saturated rings. The average molecular weight is 286 g/mol. The van der Waals surface area contributed by atoms with Gasteiger partial charge in [-0.05, 0) is 6.42 Å². The van der Waals surface area contributed by atoms with E-state index < -0.39 is 11.9 Å². The van der Waals surface area contributed by atoms with Crippen molar-refractivity contribution < 1.29 is 19.4 Å². The molecule has 6 nitrogen and oxygen atoms in total. The Hall–Kier alpha value is -1.14. The lowest BCUT2D eigenvalue weighted by atomic mass is 10.1. The quantitative estimate of drug-likeness (QED) is 0.710. The molecule has 1 saturated heterocycles. The van der Waals surface area contributed by atoms with E-state index in [1.807, 2.05) is 6.92 Å². The van der Waals surface area contributed by atoms with Crippen LogP contribution in [-0.4, -0.2) is 72.7 Å². The minimum absolute atomic E-state index is 0.0278. The first-order valence-corrected chi connectivity index (χ1v) is 7.35. The van der Waals surface area contributed by atoms with E-state index in [-0.39, 0.29) is 5.91 Å². The van der Waals surface area contributed by atoms with Gasteiger partial charge in [0, 0.05) is 39.1 Å². The summed E-state index contributed by atoms with van der Waals surface area (Å²) >= 11 is 0. The molecule has 1 heterocycles. The van der Waals surface area contributed by atoms with Crippen molar-refractivity contribution in [1.82, 2.24) is 9.80 Å². The molecule has 1 aliphatic heterocycles. The summed E-state index contributed by atoms with van der Waals surface area (Å²) < 4.78 is 5.29. The summed E-state index contributed by atoms with van der Waals surface area (Å²) in [6, 6.07) is 0. The molecule has 0 aromatic carbocycles. The van der Waals surface area contributed by atoms with E-state index in [9.17, 15) is 9.59 Å². The molecule has 1 unspecified atom stereocenters. The molecule has 1 N–H and O–H groups in total. The first-order chi connectivity index (χ1) is 9.54. The molecule has 1 atom stereocenters. The van der Waals surface area contributed by atoms with Gasteiger partial charge in [-0.25, -0.2) is 0 Å². The Bertz CT molecular complexity index is 316. The average Bonchev–Trinajstić information content (AvgIpc) is 2.46. The Labute approximate surface area is 120 Å². The van der Waals surface area contributed by atoms with Crippen molar-refractivity contribution in [1.29, 1.82) is 0 Å². The van der Waals surface area contributed by atoms with Crippen LogP contribution in [0.1, 0.15) is 26.7 Å². The maximum atomic E-state index is 11.9. The molecule has 0 aromatic rings. The van der Waals surface area contributed by atoms with E-state index in [4.69, 9.17) is 9.84 Å². The first-order valence-electron chi connectivity index (χ1n) is 7.35. The molecule has 0 aliphatic carbocycles. The highest BCUT2D eigenvalue weighted by atomic mass is 16.5. The van der Waals surface area contributed by atoms with Gasteiger partial charge in [-0.1, -0.05) is 13.8 Å². The number of nitrogens with zero attached hydrogens (tertiary/aromatic N) is 2. The Morgan fingerprint density at radius 1 is 1.35 bits per heavy atom. The van der Waals surface area contributed by atoms with Crippen molar-refractivity contribution in [2.24, 2.45) is 5.92 Å². The minimum Gasteiger partial charge on any atom is -0.481 e. The number of morpholine rings is 1. The zero-order chi connectivity index (χ0) is 15.0. The Kier molecular flexibility index (Phi) is 7.54. The van der Waals surface area contributed by atoms with Gasteiger partial charge in [0.05, 0.1) is 19.1 Å². The van der Waals surface area contributed by atoms with Gasteiger partial charge < -0.3 is 14.7 Å². The molecular formula is C14H26N2O4. The summed E-state index contributed by atoms with van der Waals surface area (Å²) in [6.07, 6.45) is 1.29. The summed E-state index contributed by atoms with van der Waals surface area (Å²) in [4.78, 5) is 26.8. The van der Waals surface area contributed by atoms with Crippen molar-refractivity contribution in [3.8, 4) is 0 Å². The minimum atomic E-state index is -0.855. The number of carbonyl (C=O) groups excluding carboxylic acids is 1. The predicted molar refractivity (Wildman–Crippen MR) is 75.5 cm³/mol. The second kappa shape index (κ2) is 8.92. The monoisotopic (exact) mass is 286 g/mol. The topological polar surface area (TPSA) is 70.1 Å². The van der Waals surface area contributed by atoms with Gasteiger partial charge in [0.1, 0.15) is 0 Å². The van der Waals surface area contributed by atoms with Crippen LogP contribution < -0.4 is 0 Å². The fourth-order valence-corrected chi connectivity index (χ4v) is 2.26. The molecule has 0 radical (unpaired) electrons. The molecule has 116 valence electrons. The second-order valence-corrected chi connectivity index (χ2v) is 5.24. The Morgan fingerprint density at radius 3 is 2.55 bits per heavy atom. The number of hydrogen-bond donors (Lipinski definition) is 1. The number of aliphatic carboxylic acids is 1. The maximum Gasteiger partial charge on any atom is 0.308 e. The number of carbonyl (C=O) groups is 2. The summed E-state index contributed by atoms with van der Waals surface area (Å²) in [5, 5.41) is 8.95. The molecule has 1 rings (SSSR count). The van der Waals surface area contributed by atoms with Crippen molar-refractivity contribution in [3.05, 3.63) is 0 Å². The van der Waals surface area contributed by atoms with Gasteiger partial charge in [-0.15, -0.1) is 0 Å². The number of rotatable bonds is 8. The lowest BCUT2D eigenvalue weighted by molar-refractivity contribution is -0.143. The zero-order valence-corrected chi connectivity index (χ0v) is 12.5. The number of ether oxygens (including phenoxy) is 1. The third-order valence-corrected chi connectivity index (χ3v) is 3.58. The van der Waals surface area contributed by atoms with E-state index in [1.165, 1.54) is 0 Å². The molecule has 20 heavy (non-hydrogen) atoms. The molecule has 0 spiro atoms. The highest BCUT2D eigenvalue weighted by molar-refractivity contribution is 5.77. The SMILES string of the molecule is CCC(=O)N(CCCN1CCOCC1)CC(C)C(=O)O. The van der Waals surface area contributed by atoms with E-state index in [1.54, 1.807) is 11.8 Å². The fraction of sp³-hybridized carbons (Fsp3) is 0.857. The predicted octanol–water partition coefficient (Wildman–Crippen LogP) is 0.668. The largest absolute Gasteiger partial charge is 0.481 e. The number of carboxylic acid groups (broad SMARTS) is 1. The lowest BCUT2D eigenvalue weighted by Gasteiger charge is -2.29. The molecule has 1 amide bonds. The van der Waals surface area contributed by atoms with Gasteiger partial charge in [-0.2, -0.15) is 0 Å². The van der Waals surface area contributed by atoms with Crippen LogP contribution in [-0.2, 0) is 14.3 Å². The standard InChI is InChI=1S/C14H26N2O4/c1-3-13(17)16(11-12(2)14(18)19)6-4-5-15-7-9-20-10-8-15/h12H,3-11H2,1-2H3,(H,18,19). The molecular weight excluding hydrogens is 260 g/mol. The van der Waals surface area contributed by atoms with Crippen LogP contribution in [0.5, 0.6) is 0 Å². The second-order valence-electron chi connectivity index (χ2n) is 5.24. The zero-order valence-electron chi connectivity index (χ0n) is 12.5. The summed E-state index contributed by atoms with van der Waals surface area (Å²) in [6.45, 7) is 8.72. The molecule has 0 aromatic heterocycles. The van der Waals surface area contributed by atoms with E-state index in [0.717, 1.165) is 39.3 Å². The van der Waals surface area contributed by atoms with E-state index in [0.29, 0.717) is 19.5 Å². The highest BCUT2D eigenvalue weighted by Crippen LogP contribution is 2.05. The van der Waals surface area contributed by atoms with Crippen LogP contribution in [0.3, 0.4) is 0 Å². The Morgan fingerprint density at radius 2 is 2.00 bits per heavy atom. The van der Waals surface area contributed by atoms with Gasteiger partial charge >= 0.3 is 5.97 Å². The van der Waals surface area contributed by atoms with Crippen LogP contribution in [0.15, 0.2) is 0 Å². The third-order valence-electron chi connectivity index (χ3n) is 3.58. The van der Waals surface area contributed by atoms with Crippen molar-refractivity contribution in [2.75, 3.05) is 45.9 Å². The molecule has 0 saturated carbocycles. The molecule has 6 heteroatoms. The number of carboxylic acids is 1. The smallest absolute Gasteiger partial charge is 0.308 e. The van der Waals surface area contributed by atoms with Gasteiger partial charge in [0.2, 0.25) is 5.91 Å². The first kappa shape index (κ1) is 16.9. The van der Waals surface area contributed by atoms with Gasteiger partial charge in [0.25, 0.3) is 0 Å². The summed E-state index contributed by atoms with van der Waals surface area (Å²) in [5.41, 5.74) is 0. The maximum absolute atomic E-state index is 11.9. The van der Waals surface area contributed by atoms with Crippen LogP contribution in [0.2, 0.25) is 0 Å². The van der Waals surface area contributed by atoms with Crippen molar-refractivity contribution in [3.63, 3.8) is 0 Å². The highest BCUT2D eigenvalue weighted by Gasteiger charge is 2.19. The van der Waals surface area contributed by atoms with Gasteiger partial charge in [-0.3, -0.25) is 14.5 Å². The van der Waals surface area contributed by atoms with Crippen LogP contribution >= 0.6 is 0 Å². The van der Waals surface area contributed by atoms with Crippen molar-refractivity contribution >= 4 is 11.9 Å². The molecule has 0 bridgehead atoms. The Balaban J connectivity index is 2.35. The van der Waals surface area contributed by atoms with Gasteiger partial charge in [0.15, 0.2) is 0 Å². The van der Waals surface area contributed by atoms with Crippen LogP contribution in [0.25, 0.3) is 0 Å². The summed E-state index contributed by atoms with van der Waals surface area (Å²) in [7, 11) is 0. The van der Waals surface area contributed by atoms with E-state index in [2.05, 4.69) is 4.90 Å².